The molecule has 47 nitrogen and oxygen atoms in total. The van der Waals surface area contributed by atoms with Gasteiger partial charge in [-0.2, -0.15) is 117 Å². The smallest absolute Gasteiger partial charge is 0.419 e. The molecule has 0 fully saturated rings. The molecule has 111 heavy (non-hydrogen) atoms. The molecule has 4 aromatic rings. The van der Waals surface area contributed by atoms with Crippen LogP contribution in [0.15, 0.2) is 78.9 Å². The van der Waals surface area contributed by atoms with Gasteiger partial charge in [0.2, 0.25) is 23.6 Å². The molecular weight excluding hydrogens is 1650 g/mol. The van der Waals surface area contributed by atoms with E-state index in [1.54, 1.807) is 24.3 Å². The van der Waals surface area contributed by atoms with Crippen molar-refractivity contribution in [1.29, 1.82) is 0 Å². The predicted octanol–water partition coefficient (Wildman–Crippen LogP) is -4.32. The summed E-state index contributed by atoms with van der Waals surface area (Å²) in [4.78, 5) is 340. The largest absolute Gasteiger partial charge is 0.489 e. The van der Waals surface area contributed by atoms with Crippen LogP contribution in [0.2, 0.25) is 0 Å². The van der Waals surface area contributed by atoms with Crippen LogP contribution in [0.25, 0.3) is 0 Å². The molecule has 0 aliphatic heterocycles. The lowest BCUT2D eigenvalue weighted by molar-refractivity contribution is -0.122. The van der Waals surface area contributed by atoms with E-state index in [0.717, 1.165) is 37.3 Å². The third-order valence-corrected chi connectivity index (χ3v) is 20.3. The zero-order valence-electron chi connectivity index (χ0n) is 58.9. The highest BCUT2D eigenvalue weighted by atomic mass is 31.2. The minimum Gasteiger partial charge on any atom is -0.489 e. The van der Waals surface area contributed by atoms with Gasteiger partial charge in [-0.25, -0.2) is 19.6 Å². The maximum Gasteiger partial charge on any atom is 0.419 e. The van der Waals surface area contributed by atoms with Crippen molar-refractivity contribution in [1.82, 2.24) is 63.0 Å². The van der Waals surface area contributed by atoms with Gasteiger partial charge in [0, 0.05) is 80.2 Å². The van der Waals surface area contributed by atoms with Gasteiger partial charge in [-0.05, 0) is 110 Å². The Kier molecular flexibility index (Phi) is 39.1. The molecule has 0 atom stereocenters. The number of hydrogen-bond donors (Lipinski definition) is 32. The number of aryl methyl sites for hydroxylation is 1. The number of carbonyl (C=O) groups is 8. The van der Waals surface area contributed by atoms with Gasteiger partial charge in [0.15, 0.2) is 50.3 Å². The van der Waals surface area contributed by atoms with Gasteiger partial charge >= 0.3 is 63.5 Å². The van der Waals surface area contributed by atoms with Gasteiger partial charge < -0.3 is 14.2 Å². The summed E-state index contributed by atoms with van der Waals surface area (Å²) >= 11 is 0. The topological polar surface area (TPSA) is 759 Å². The van der Waals surface area contributed by atoms with Crippen LogP contribution in [-0.4, -0.2) is 261 Å². The molecular formula is C56H94N12O35P8+8. The Labute approximate surface area is 636 Å². The Morgan fingerprint density at radius 3 is 0.703 bits per heavy atom. The van der Waals surface area contributed by atoms with Crippen molar-refractivity contribution in [2.75, 3.05) is 76.5 Å². The van der Waals surface area contributed by atoms with E-state index in [4.69, 9.17) is 14.2 Å². The standard InChI is InChI=1S/C56H86N12O35P8/c1-38-10-12-46(13-11-38)101-29-41-22-47(102-27-39-18-42(53(73)61-57-49(69)6-2-14-65(30-104(77,78)79)31-105(80,81)82)24-43(19-39)54(74)62-58-50(70)7-3-15-66(32-106(83,84)85)33-107(86,87)88)26-48(23-41)103-28-40-20-44(55(75)63-59-51(71)8-4-16-67(34-108(89,90)91)35-109(92,93)94)25-45(21-40)56(76)64-60-52(72)9-5-17-68(36-110(95,96)97)37-111(98,99)100/h10-13,18-26,77-100H,2-9,14-17,27-37H2,1H3/p+8. The van der Waals surface area contributed by atoms with Crippen LogP contribution < -0.4 is 57.6 Å². The van der Waals surface area contributed by atoms with E-state index in [1.807, 2.05) is 6.92 Å². The minimum atomic E-state index is -4.55. The predicted molar refractivity (Wildman–Crippen MR) is 397 cm³/mol. The molecule has 0 bridgehead atoms. The van der Waals surface area contributed by atoms with Crippen LogP contribution >= 0.6 is 63.5 Å². The second kappa shape index (κ2) is 44.5. The second-order valence-corrected chi connectivity index (χ2v) is 38.3. The number of carbonyl (C=O) groups excluding carboxylic acids is 8. The van der Waals surface area contributed by atoms with Crippen LogP contribution in [0.5, 0.6) is 17.2 Å². The zero-order valence-corrected chi connectivity index (χ0v) is 66.0. The molecule has 55 heteroatoms. The molecule has 0 heterocycles. The lowest BCUT2D eigenvalue weighted by atomic mass is 10.0. The molecule has 32 N–H and O–H groups in total. The molecule has 0 saturated heterocycles. The monoisotopic (exact) mass is 1740 g/mol. The number of nitrogens with zero attached hydrogens (tertiary/aromatic N) is 4. The Bertz CT molecular complexity index is 3300. The van der Waals surface area contributed by atoms with Gasteiger partial charge in [0.1, 0.15) is 37.1 Å². The van der Waals surface area contributed by atoms with E-state index in [2.05, 4.69) is 43.4 Å². The van der Waals surface area contributed by atoms with Gasteiger partial charge in [-0.15, -0.1) is 0 Å². The summed E-state index contributed by atoms with van der Waals surface area (Å²) in [5.41, 5.74) is 17.1. The highest BCUT2D eigenvalue weighted by Gasteiger charge is 2.44. The summed E-state index contributed by atoms with van der Waals surface area (Å²) in [6.45, 7) is -0.639. The number of benzene rings is 4. The van der Waals surface area contributed by atoms with Crippen molar-refractivity contribution in [2.24, 2.45) is 0 Å². The fourth-order valence-corrected chi connectivity index (χ4v) is 16.7. The third kappa shape index (κ3) is 45.3. The van der Waals surface area contributed by atoms with Crippen molar-refractivity contribution in [2.45, 2.75) is 78.1 Å². The minimum absolute atomic E-state index is 0.000118. The van der Waals surface area contributed by atoms with E-state index in [0.29, 0.717) is 11.3 Å². The quantitative estimate of drug-likeness (QED) is 0.0147. The molecule has 4 aromatic carbocycles. The van der Waals surface area contributed by atoms with Crippen LogP contribution in [0, 0.1) is 6.92 Å². The maximum absolute atomic E-state index is 13.8. The first kappa shape index (κ1) is 97.7. The first-order chi connectivity index (χ1) is 51.1. The fraction of sp³-hybridized carbons (Fsp3) is 0.429. The molecule has 4 rings (SSSR count). The summed E-state index contributed by atoms with van der Waals surface area (Å²) in [6, 6.07) is 18.2. The molecule has 0 saturated carbocycles. The molecule has 0 aromatic heterocycles. The third-order valence-electron chi connectivity index (χ3n) is 14.1. The van der Waals surface area contributed by atoms with E-state index in [9.17, 15) is 156 Å². The Morgan fingerprint density at radius 1 is 0.279 bits per heavy atom. The highest BCUT2D eigenvalue weighted by molar-refractivity contribution is 7.61. The van der Waals surface area contributed by atoms with Gasteiger partial charge in [0.05, 0.1) is 0 Å². The summed E-state index contributed by atoms with van der Waals surface area (Å²) in [7, 11) is -36.4. The van der Waals surface area contributed by atoms with Crippen LogP contribution in [-0.2, 0) is 39.0 Å². The fourth-order valence-electron chi connectivity index (χ4n) is 9.88. The summed E-state index contributed by atoms with van der Waals surface area (Å²) < 4.78 is 18.5. The summed E-state index contributed by atoms with van der Waals surface area (Å²) in [6.07, 6.45) is -9.78. The number of ether oxygens (including phenoxy) is 3. The maximum atomic E-state index is 13.8. The normalized spacial score (nSPS) is 12.5. The molecule has 8 amide bonds. The summed E-state index contributed by atoms with van der Waals surface area (Å²) in [5, 5.41) is 0. The van der Waals surface area contributed by atoms with Crippen molar-refractivity contribution >= 4 is 111 Å². The van der Waals surface area contributed by atoms with Crippen molar-refractivity contribution in [3.05, 3.63) is 123 Å². The Morgan fingerprint density at radius 2 is 0.486 bits per heavy atom. The molecule has 0 radical (unpaired) electrons. The highest BCUT2D eigenvalue weighted by Crippen LogP contribution is 2.53. The average Bonchev–Trinajstić information content (AvgIpc) is 0.831. The van der Waals surface area contributed by atoms with Crippen LogP contribution in [0.3, 0.4) is 0 Å². The average molecular weight is 1740 g/mol. The van der Waals surface area contributed by atoms with Crippen LogP contribution in [0.1, 0.15) is 115 Å². The number of amides is 8. The van der Waals surface area contributed by atoms with Gasteiger partial charge in [0.25, 0.3) is 23.6 Å². The first-order valence-electron chi connectivity index (χ1n) is 32.2. The van der Waals surface area contributed by atoms with Crippen molar-refractivity contribution in [3.8, 4) is 17.2 Å². The number of nitrogens with one attached hydrogen (secondary N) is 8. The van der Waals surface area contributed by atoms with Crippen molar-refractivity contribution < 1.29 is 170 Å². The van der Waals surface area contributed by atoms with E-state index in [1.165, 1.54) is 42.5 Å². The molecule has 620 valence electrons. The van der Waals surface area contributed by atoms with Gasteiger partial charge in [-0.1, -0.05) is 17.7 Å². The second-order valence-electron chi connectivity index (χ2n) is 25.0. The molecule has 0 spiro atoms. The summed E-state index contributed by atoms with van der Waals surface area (Å²) in [5.74, 6) is -7.38. The first-order valence-corrected chi connectivity index (χ1v) is 46.9. The number of rotatable bonds is 45. The van der Waals surface area contributed by atoms with E-state index >= 15 is 0 Å². The number of hydrazine groups is 4. The Balaban J connectivity index is 1.69. The molecule has 0 aliphatic carbocycles. The van der Waals surface area contributed by atoms with E-state index < -0.39 is 200 Å². The lowest BCUT2D eigenvalue weighted by Crippen LogP contribution is -2.43. The molecule has 0 aliphatic rings. The number of hydrogen-bond acceptors (Lipinski definition) is 39. The SMILES string of the molecule is Cc1ccc(OCc2cc(OCc3cc(C(=O)NNC(=O)CCCN(C[P+](O)(O)O)C[P+](O)(O)O)cc(C(=O)NNC(=O)CCCN(C[P+](O)(O)O)C[P+](O)(O)O)c3)cc(OCc3cc(C(=O)NNC(=O)CCCN(C[P+](O)(O)O)C[P+](O)(O)O)cc(C(=O)NNC(=O)CCCN(C[P+](O)(O)O)C[P+](O)(O)O)c3)c2)cc1. The van der Waals surface area contributed by atoms with Crippen molar-refractivity contribution in [3.63, 3.8) is 0 Å². The molecule has 0 unspecified atom stereocenters. The Hall–Kier alpha value is -5.64. The van der Waals surface area contributed by atoms with E-state index in [-0.39, 0.29) is 103 Å². The lowest BCUT2D eigenvalue weighted by Gasteiger charge is -2.20. The van der Waals surface area contributed by atoms with Crippen LogP contribution in [0.4, 0.5) is 0 Å². The van der Waals surface area contributed by atoms with Gasteiger partial charge in [-0.3, -0.25) is 81.8 Å². The zero-order chi connectivity index (χ0) is 83.5.